The lowest BCUT2D eigenvalue weighted by atomic mass is 9.98. The summed E-state index contributed by atoms with van der Waals surface area (Å²) in [5.41, 5.74) is 0. The molecule has 11 heavy (non-hydrogen) atoms. The highest BCUT2D eigenvalue weighted by Crippen LogP contribution is 2.11. The Kier molecular flexibility index (Phi) is 2.84. The minimum Gasteiger partial charge on any atom is -0.465 e. The minimum absolute atomic E-state index is 0.0874. The first-order valence-corrected chi connectivity index (χ1v) is 3.81. The standard InChI is InChI=1S/C7H13NO3/c1-2-11-7(10)6-3-5(4-9)8-6/h5-6,8-9H,2-4H2,1H3. The molecule has 0 saturated carbocycles. The molecule has 1 aliphatic heterocycles. The first-order valence-electron chi connectivity index (χ1n) is 3.81. The molecule has 0 aromatic heterocycles. The molecular weight excluding hydrogens is 146 g/mol. The second-order valence-electron chi connectivity index (χ2n) is 2.59. The number of aliphatic hydroxyl groups is 1. The van der Waals surface area contributed by atoms with Gasteiger partial charge >= 0.3 is 5.97 Å². The third-order valence-corrected chi connectivity index (χ3v) is 1.75. The number of esters is 1. The maximum absolute atomic E-state index is 10.9. The molecule has 1 rings (SSSR count). The van der Waals surface area contributed by atoms with E-state index in [1.807, 2.05) is 0 Å². The summed E-state index contributed by atoms with van der Waals surface area (Å²) in [6.07, 6.45) is 0.690. The Morgan fingerprint density at radius 1 is 1.82 bits per heavy atom. The van der Waals surface area contributed by atoms with E-state index in [1.165, 1.54) is 0 Å². The lowest BCUT2D eigenvalue weighted by molar-refractivity contribution is -0.148. The largest absolute Gasteiger partial charge is 0.465 e. The second-order valence-corrected chi connectivity index (χ2v) is 2.59. The number of ether oxygens (including phenoxy) is 1. The van der Waals surface area contributed by atoms with Gasteiger partial charge in [-0.15, -0.1) is 0 Å². The third kappa shape index (κ3) is 1.91. The Labute approximate surface area is 65.5 Å². The van der Waals surface area contributed by atoms with Gasteiger partial charge in [0, 0.05) is 6.04 Å². The Bertz CT molecular complexity index is 143. The zero-order valence-electron chi connectivity index (χ0n) is 6.54. The summed E-state index contributed by atoms with van der Waals surface area (Å²) in [6.45, 7) is 2.29. The Morgan fingerprint density at radius 3 is 2.91 bits per heavy atom. The number of carbonyl (C=O) groups is 1. The van der Waals surface area contributed by atoms with E-state index in [0.717, 1.165) is 0 Å². The van der Waals surface area contributed by atoms with Crippen molar-refractivity contribution in [2.75, 3.05) is 13.2 Å². The van der Waals surface area contributed by atoms with Crippen molar-refractivity contribution in [1.82, 2.24) is 5.32 Å². The fraction of sp³-hybridized carbons (Fsp3) is 0.857. The van der Waals surface area contributed by atoms with E-state index in [-0.39, 0.29) is 24.7 Å². The van der Waals surface area contributed by atoms with Gasteiger partial charge in [0.25, 0.3) is 0 Å². The zero-order chi connectivity index (χ0) is 8.27. The van der Waals surface area contributed by atoms with Gasteiger partial charge < -0.3 is 9.84 Å². The summed E-state index contributed by atoms with van der Waals surface area (Å²) in [6, 6.07) is -0.100. The molecule has 2 N–H and O–H groups in total. The predicted molar refractivity (Wildman–Crippen MR) is 39.0 cm³/mol. The van der Waals surface area contributed by atoms with E-state index in [9.17, 15) is 4.79 Å². The summed E-state index contributed by atoms with van der Waals surface area (Å²) in [7, 11) is 0. The van der Waals surface area contributed by atoms with Crippen LogP contribution in [0.2, 0.25) is 0 Å². The first-order chi connectivity index (χ1) is 5.27. The van der Waals surface area contributed by atoms with Crippen molar-refractivity contribution in [2.24, 2.45) is 0 Å². The van der Waals surface area contributed by atoms with Crippen LogP contribution in [0.25, 0.3) is 0 Å². The Morgan fingerprint density at radius 2 is 2.45 bits per heavy atom. The number of nitrogens with one attached hydrogen (secondary N) is 1. The Balaban J connectivity index is 2.16. The van der Waals surface area contributed by atoms with Crippen LogP contribution in [-0.4, -0.2) is 36.4 Å². The van der Waals surface area contributed by atoms with Crippen molar-refractivity contribution in [3.8, 4) is 0 Å². The summed E-state index contributed by atoms with van der Waals surface area (Å²) in [4.78, 5) is 10.9. The third-order valence-electron chi connectivity index (χ3n) is 1.75. The molecule has 0 aliphatic carbocycles. The molecule has 1 fully saturated rings. The van der Waals surface area contributed by atoms with Crippen molar-refractivity contribution in [3.05, 3.63) is 0 Å². The highest BCUT2D eigenvalue weighted by atomic mass is 16.5. The number of carbonyl (C=O) groups excluding carboxylic acids is 1. The molecular formula is C7H13NO3. The van der Waals surface area contributed by atoms with Gasteiger partial charge in [0.2, 0.25) is 0 Å². The average Bonchev–Trinajstić information content (AvgIpc) is 1.86. The summed E-state index contributed by atoms with van der Waals surface area (Å²) < 4.78 is 4.76. The molecule has 1 heterocycles. The van der Waals surface area contributed by atoms with Gasteiger partial charge in [0.1, 0.15) is 6.04 Å². The topological polar surface area (TPSA) is 58.6 Å². The molecule has 0 amide bonds. The van der Waals surface area contributed by atoms with Crippen LogP contribution in [0.15, 0.2) is 0 Å². The molecule has 0 radical (unpaired) electrons. The van der Waals surface area contributed by atoms with Gasteiger partial charge in [0.05, 0.1) is 13.2 Å². The summed E-state index contributed by atoms with van der Waals surface area (Å²) >= 11 is 0. The van der Waals surface area contributed by atoms with Gasteiger partial charge in [-0.25, -0.2) is 0 Å². The highest BCUT2D eigenvalue weighted by Gasteiger charge is 2.33. The second kappa shape index (κ2) is 3.69. The minimum atomic E-state index is -0.211. The van der Waals surface area contributed by atoms with E-state index in [0.29, 0.717) is 13.0 Å². The van der Waals surface area contributed by atoms with Crippen LogP contribution >= 0.6 is 0 Å². The lowest BCUT2D eigenvalue weighted by Crippen LogP contribution is -2.58. The van der Waals surface area contributed by atoms with Gasteiger partial charge in [0.15, 0.2) is 0 Å². The molecule has 0 bridgehead atoms. The van der Waals surface area contributed by atoms with Crippen LogP contribution in [0.1, 0.15) is 13.3 Å². The molecule has 2 atom stereocenters. The van der Waals surface area contributed by atoms with Crippen LogP contribution < -0.4 is 5.32 Å². The first kappa shape index (κ1) is 8.49. The number of hydrogen-bond acceptors (Lipinski definition) is 4. The van der Waals surface area contributed by atoms with Crippen LogP contribution in [0, 0.1) is 0 Å². The van der Waals surface area contributed by atoms with E-state index in [1.54, 1.807) is 6.92 Å². The number of hydrogen-bond donors (Lipinski definition) is 2. The number of aliphatic hydroxyl groups excluding tert-OH is 1. The van der Waals surface area contributed by atoms with Gasteiger partial charge in [-0.2, -0.15) is 0 Å². The van der Waals surface area contributed by atoms with E-state index in [4.69, 9.17) is 9.84 Å². The highest BCUT2D eigenvalue weighted by molar-refractivity contribution is 5.77. The van der Waals surface area contributed by atoms with Crippen LogP contribution in [0.5, 0.6) is 0 Å². The smallest absolute Gasteiger partial charge is 0.323 e. The molecule has 4 heteroatoms. The van der Waals surface area contributed by atoms with E-state index in [2.05, 4.69) is 5.32 Å². The van der Waals surface area contributed by atoms with Crippen molar-refractivity contribution in [2.45, 2.75) is 25.4 Å². The predicted octanol–water partition coefficient (Wildman–Crippen LogP) is -0.728. The quantitative estimate of drug-likeness (QED) is 0.533. The van der Waals surface area contributed by atoms with Crippen molar-refractivity contribution < 1.29 is 14.6 Å². The number of rotatable bonds is 3. The SMILES string of the molecule is CCOC(=O)C1CC(CO)N1. The lowest BCUT2D eigenvalue weighted by Gasteiger charge is -2.33. The maximum atomic E-state index is 10.9. The average molecular weight is 159 g/mol. The zero-order valence-corrected chi connectivity index (χ0v) is 6.54. The normalized spacial score (nSPS) is 29.3. The van der Waals surface area contributed by atoms with E-state index >= 15 is 0 Å². The van der Waals surface area contributed by atoms with Crippen molar-refractivity contribution in [1.29, 1.82) is 0 Å². The van der Waals surface area contributed by atoms with Gasteiger partial charge in [-0.3, -0.25) is 10.1 Å². The summed E-state index contributed by atoms with van der Waals surface area (Å²) in [5.74, 6) is -0.211. The van der Waals surface area contributed by atoms with Gasteiger partial charge in [-0.1, -0.05) is 0 Å². The fourth-order valence-electron chi connectivity index (χ4n) is 1.08. The molecule has 4 nitrogen and oxygen atoms in total. The molecule has 1 saturated heterocycles. The van der Waals surface area contributed by atoms with Gasteiger partial charge in [-0.05, 0) is 13.3 Å². The van der Waals surface area contributed by atoms with Crippen LogP contribution in [0.4, 0.5) is 0 Å². The molecule has 0 aromatic rings. The molecule has 64 valence electrons. The Hall–Kier alpha value is -0.610. The van der Waals surface area contributed by atoms with Crippen molar-refractivity contribution in [3.63, 3.8) is 0 Å². The van der Waals surface area contributed by atoms with Crippen LogP contribution in [0.3, 0.4) is 0 Å². The monoisotopic (exact) mass is 159 g/mol. The van der Waals surface area contributed by atoms with Crippen LogP contribution in [-0.2, 0) is 9.53 Å². The fourth-order valence-corrected chi connectivity index (χ4v) is 1.08. The maximum Gasteiger partial charge on any atom is 0.323 e. The van der Waals surface area contributed by atoms with E-state index < -0.39 is 0 Å². The molecule has 2 unspecified atom stereocenters. The van der Waals surface area contributed by atoms with Crippen molar-refractivity contribution >= 4 is 5.97 Å². The molecule has 0 aromatic carbocycles. The molecule has 0 spiro atoms. The summed E-state index contributed by atoms with van der Waals surface area (Å²) in [5, 5.41) is 11.5. The molecule has 1 aliphatic rings.